The van der Waals surface area contributed by atoms with E-state index in [-0.39, 0.29) is 5.91 Å². The van der Waals surface area contributed by atoms with Crippen LogP contribution in [0.4, 0.5) is 5.82 Å². The summed E-state index contributed by atoms with van der Waals surface area (Å²) in [5.74, 6) is 5.37. The molecule has 1 aromatic carbocycles. The first-order chi connectivity index (χ1) is 15.5. The Morgan fingerprint density at radius 3 is 2.78 bits per heavy atom. The highest BCUT2D eigenvalue weighted by Crippen LogP contribution is 2.27. The van der Waals surface area contributed by atoms with Crippen LogP contribution < -0.4 is 4.90 Å². The van der Waals surface area contributed by atoms with E-state index < -0.39 is 0 Å². The average molecular weight is 432 g/mol. The van der Waals surface area contributed by atoms with Gasteiger partial charge in [0.1, 0.15) is 17.4 Å². The molecule has 0 atom stereocenters. The summed E-state index contributed by atoms with van der Waals surface area (Å²) < 4.78 is 5.51. The summed E-state index contributed by atoms with van der Waals surface area (Å²) in [4.78, 5) is 28.1. The van der Waals surface area contributed by atoms with Gasteiger partial charge >= 0.3 is 0 Å². The van der Waals surface area contributed by atoms with Crippen LogP contribution in [0.15, 0.2) is 41.0 Å². The zero-order valence-corrected chi connectivity index (χ0v) is 18.8. The maximum absolute atomic E-state index is 11.9. The monoisotopic (exact) mass is 431 g/mol. The lowest BCUT2D eigenvalue weighted by atomic mass is 10.1. The Hall–Kier alpha value is -3.37. The van der Waals surface area contributed by atoms with Gasteiger partial charge in [-0.25, -0.2) is 9.97 Å². The summed E-state index contributed by atoms with van der Waals surface area (Å²) >= 11 is 0. The maximum Gasteiger partial charge on any atom is 0.219 e. The van der Waals surface area contributed by atoms with Crippen LogP contribution in [-0.2, 0) is 17.9 Å². The lowest BCUT2D eigenvalue weighted by molar-refractivity contribution is -0.128. The van der Waals surface area contributed by atoms with Gasteiger partial charge in [-0.1, -0.05) is 18.1 Å². The van der Waals surface area contributed by atoms with E-state index in [0.717, 1.165) is 59.9 Å². The van der Waals surface area contributed by atoms with Crippen LogP contribution >= 0.6 is 0 Å². The fraction of sp³-hybridized carbons (Fsp3) is 0.400. The van der Waals surface area contributed by atoms with Gasteiger partial charge in [0.2, 0.25) is 5.91 Å². The minimum absolute atomic E-state index is 0.124. The molecule has 3 heterocycles. The van der Waals surface area contributed by atoms with Crippen LogP contribution in [0.3, 0.4) is 0 Å². The van der Waals surface area contributed by atoms with Crippen molar-refractivity contribution in [2.45, 2.75) is 33.4 Å². The number of hydrogen-bond donors (Lipinski definition) is 0. The summed E-state index contributed by atoms with van der Waals surface area (Å²) in [6, 6.07) is 10.0. The molecule has 7 nitrogen and oxygen atoms in total. The number of carbonyl (C=O) groups excluding carboxylic acids is 1. The Balaban J connectivity index is 1.67. The van der Waals surface area contributed by atoms with E-state index in [2.05, 4.69) is 34.8 Å². The van der Waals surface area contributed by atoms with Gasteiger partial charge in [0.15, 0.2) is 0 Å². The Kier molecular flexibility index (Phi) is 6.72. The number of fused-ring (bicyclic) bond motifs is 1. The zero-order valence-electron chi connectivity index (χ0n) is 18.8. The number of furan rings is 1. The van der Waals surface area contributed by atoms with Gasteiger partial charge in [0.05, 0.1) is 31.4 Å². The highest BCUT2D eigenvalue weighted by atomic mass is 16.3. The van der Waals surface area contributed by atoms with Crippen molar-refractivity contribution in [1.29, 1.82) is 0 Å². The molecule has 0 bridgehead atoms. The van der Waals surface area contributed by atoms with Crippen molar-refractivity contribution in [2.75, 3.05) is 37.6 Å². The normalized spacial score (nSPS) is 14.6. The van der Waals surface area contributed by atoms with Crippen molar-refractivity contribution in [2.24, 2.45) is 0 Å². The van der Waals surface area contributed by atoms with Gasteiger partial charge < -0.3 is 14.2 Å². The van der Waals surface area contributed by atoms with E-state index in [1.165, 1.54) is 0 Å². The zero-order chi connectivity index (χ0) is 22.5. The molecule has 1 fully saturated rings. The van der Waals surface area contributed by atoms with Gasteiger partial charge in [-0.2, -0.15) is 0 Å². The van der Waals surface area contributed by atoms with Crippen molar-refractivity contribution in [3.8, 4) is 12.3 Å². The molecule has 2 aromatic heterocycles. The number of terminal acetylenes is 1. The number of aromatic nitrogens is 2. The largest absolute Gasteiger partial charge is 0.468 e. The van der Waals surface area contributed by atoms with Crippen molar-refractivity contribution < 1.29 is 9.21 Å². The van der Waals surface area contributed by atoms with Crippen LogP contribution in [-0.4, -0.2) is 58.4 Å². The standard InChI is InChI=1S/C25H29N5O2/c1-4-11-28(17-21-9-6-16-32-21)18-23-26-24-19(2)8-5-10-22(24)25(27-23)30-13-7-12-29(14-15-30)20(3)31/h1,5-6,8-10,16H,7,11-15,17-18H2,2-3H3. The number of nitrogens with zero attached hydrogens (tertiary/aromatic N) is 5. The van der Waals surface area contributed by atoms with Crippen molar-refractivity contribution in [1.82, 2.24) is 19.8 Å². The van der Waals surface area contributed by atoms with E-state index in [4.69, 9.17) is 20.8 Å². The molecule has 0 spiro atoms. The van der Waals surface area contributed by atoms with Crippen molar-refractivity contribution in [3.63, 3.8) is 0 Å². The molecular weight excluding hydrogens is 402 g/mol. The number of amides is 1. The predicted octanol–water partition coefficient (Wildman–Crippen LogP) is 3.23. The van der Waals surface area contributed by atoms with Gasteiger partial charge in [-0.3, -0.25) is 9.69 Å². The predicted molar refractivity (Wildman–Crippen MR) is 125 cm³/mol. The second-order valence-electron chi connectivity index (χ2n) is 8.21. The molecule has 32 heavy (non-hydrogen) atoms. The van der Waals surface area contributed by atoms with E-state index in [1.807, 2.05) is 23.1 Å². The molecular formula is C25H29N5O2. The Labute approximate surface area is 189 Å². The Bertz CT molecular complexity index is 1120. The third-order valence-corrected chi connectivity index (χ3v) is 5.83. The molecule has 1 amide bonds. The van der Waals surface area contributed by atoms with Gasteiger partial charge in [-0.05, 0) is 37.1 Å². The lowest BCUT2D eigenvalue weighted by Crippen LogP contribution is -2.34. The van der Waals surface area contributed by atoms with E-state index in [9.17, 15) is 4.79 Å². The second kappa shape index (κ2) is 9.84. The first-order valence-electron chi connectivity index (χ1n) is 11.0. The molecule has 1 aliphatic rings. The molecule has 1 aliphatic heterocycles. The van der Waals surface area contributed by atoms with Crippen molar-refractivity contribution in [3.05, 3.63) is 53.7 Å². The summed E-state index contributed by atoms with van der Waals surface area (Å²) in [7, 11) is 0. The molecule has 0 unspecified atom stereocenters. The number of anilines is 1. The Morgan fingerprint density at radius 2 is 2.03 bits per heavy atom. The molecule has 0 N–H and O–H groups in total. The van der Waals surface area contributed by atoms with Gasteiger partial charge in [0, 0.05) is 38.5 Å². The second-order valence-corrected chi connectivity index (χ2v) is 8.21. The minimum Gasteiger partial charge on any atom is -0.468 e. The maximum atomic E-state index is 11.9. The van der Waals surface area contributed by atoms with Crippen LogP contribution in [0.5, 0.6) is 0 Å². The summed E-state index contributed by atoms with van der Waals surface area (Å²) in [5.41, 5.74) is 2.07. The highest BCUT2D eigenvalue weighted by Gasteiger charge is 2.21. The minimum atomic E-state index is 0.124. The molecule has 3 aromatic rings. The first kappa shape index (κ1) is 21.8. The molecule has 4 rings (SSSR count). The van der Waals surface area contributed by atoms with E-state index >= 15 is 0 Å². The fourth-order valence-corrected chi connectivity index (χ4v) is 4.20. The van der Waals surface area contributed by atoms with Gasteiger partial charge in [0.25, 0.3) is 0 Å². The lowest BCUT2D eigenvalue weighted by Gasteiger charge is -2.25. The summed E-state index contributed by atoms with van der Waals surface area (Å²) in [6.07, 6.45) is 8.20. The molecule has 0 radical (unpaired) electrons. The SMILES string of the molecule is C#CCN(Cc1nc(N2CCCN(C(C)=O)CC2)c2cccc(C)c2n1)Cc1ccco1. The van der Waals surface area contributed by atoms with Crippen molar-refractivity contribution >= 4 is 22.6 Å². The van der Waals surface area contributed by atoms with E-state index in [1.54, 1.807) is 13.2 Å². The first-order valence-corrected chi connectivity index (χ1v) is 11.0. The summed E-state index contributed by atoms with van der Waals surface area (Å²) in [6.45, 7) is 8.38. The topological polar surface area (TPSA) is 65.7 Å². The van der Waals surface area contributed by atoms with Crippen LogP contribution in [0.1, 0.15) is 30.5 Å². The molecule has 0 saturated carbocycles. The molecule has 0 aliphatic carbocycles. The fourth-order valence-electron chi connectivity index (χ4n) is 4.20. The number of rotatable bonds is 6. The number of aryl methyl sites for hydroxylation is 1. The van der Waals surface area contributed by atoms with Crippen LogP contribution in [0, 0.1) is 19.3 Å². The Morgan fingerprint density at radius 1 is 1.16 bits per heavy atom. The third kappa shape index (κ3) is 4.92. The molecule has 7 heteroatoms. The smallest absolute Gasteiger partial charge is 0.219 e. The van der Waals surface area contributed by atoms with Crippen LogP contribution in [0.2, 0.25) is 0 Å². The van der Waals surface area contributed by atoms with Crippen LogP contribution in [0.25, 0.3) is 10.9 Å². The molecule has 1 saturated heterocycles. The number of carbonyl (C=O) groups is 1. The van der Waals surface area contributed by atoms with E-state index in [0.29, 0.717) is 26.2 Å². The number of hydrogen-bond acceptors (Lipinski definition) is 6. The number of benzene rings is 1. The van der Waals surface area contributed by atoms with Gasteiger partial charge in [-0.15, -0.1) is 6.42 Å². The third-order valence-electron chi connectivity index (χ3n) is 5.83. The highest BCUT2D eigenvalue weighted by molar-refractivity contribution is 5.91. The molecule has 166 valence electrons. The average Bonchev–Trinajstić information content (AvgIpc) is 3.15. The number of para-hydroxylation sites is 1. The quantitative estimate of drug-likeness (QED) is 0.559. The summed E-state index contributed by atoms with van der Waals surface area (Å²) in [5, 5.41) is 1.04.